The topological polar surface area (TPSA) is 26.5 Å². The van der Waals surface area contributed by atoms with Gasteiger partial charge in [0.1, 0.15) is 11.5 Å². The van der Waals surface area contributed by atoms with Crippen molar-refractivity contribution in [1.82, 2.24) is 9.38 Å². The Morgan fingerprint density at radius 1 is 0.471 bits per heavy atom. The fourth-order valence-electron chi connectivity index (χ4n) is 11.3. The van der Waals surface area contributed by atoms with E-state index in [0.717, 1.165) is 38.6 Å². The van der Waals surface area contributed by atoms with Gasteiger partial charge in [-0.1, -0.05) is 238 Å². The van der Waals surface area contributed by atoms with Crippen LogP contribution in [0.25, 0.3) is 48.5 Å². The van der Waals surface area contributed by atoms with Crippen LogP contribution >= 0.6 is 11.3 Å². The second-order valence-electron chi connectivity index (χ2n) is 22.0. The number of hydrogen-bond donors (Lipinski definition) is 0. The van der Waals surface area contributed by atoms with Crippen LogP contribution < -0.4 is 25.5 Å². The monoisotopic (exact) mass is 920 g/mol. The molecule has 0 saturated heterocycles. The third kappa shape index (κ3) is 6.68. The van der Waals surface area contributed by atoms with E-state index >= 15 is 0 Å². The minimum Gasteiger partial charge on any atom is -0.456 e. The van der Waals surface area contributed by atoms with Crippen molar-refractivity contribution in [2.24, 2.45) is 0 Å². The Labute approximate surface area is 407 Å². The summed E-state index contributed by atoms with van der Waals surface area (Å²) >= 11 is 1.76. The summed E-state index contributed by atoms with van der Waals surface area (Å²) in [5, 5.41) is 5.33. The number of fused-ring (bicyclic) bond motifs is 7. The number of ether oxygens (including phenoxy) is 1. The molecule has 0 fully saturated rings. The predicted molar refractivity (Wildman–Crippen MR) is 293 cm³/mol. The van der Waals surface area contributed by atoms with Gasteiger partial charge in [-0.05, 0) is 78.1 Å². The van der Waals surface area contributed by atoms with E-state index in [4.69, 9.17) is 9.72 Å². The Morgan fingerprint density at radius 3 is 1.60 bits per heavy atom. The maximum absolute atomic E-state index is 7.30. The lowest BCUT2D eigenvalue weighted by atomic mass is 9.61. The number of aromatic nitrogens is 2. The van der Waals surface area contributed by atoms with E-state index in [9.17, 15) is 0 Å². The van der Waals surface area contributed by atoms with Crippen molar-refractivity contribution in [1.29, 1.82) is 0 Å². The number of benzene rings is 8. The zero-order chi connectivity index (χ0) is 47.4. The van der Waals surface area contributed by atoms with E-state index in [1.54, 1.807) is 11.3 Å². The molecular weight excluding hydrogens is 861 g/mol. The van der Waals surface area contributed by atoms with Gasteiger partial charge in [0.2, 0.25) is 0 Å². The number of nitrogens with zero attached hydrogens (tertiary/aromatic N) is 2. The maximum atomic E-state index is 7.30. The van der Waals surface area contributed by atoms with Crippen molar-refractivity contribution < 1.29 is 4.74 Å². The Hall–Kier alpha value is -6.53. The van der Waals surface area contributed by atoms with Crippen molar-refractivity contribution in [2.45, 2.75) is 90.9 Å². The lowest BCUT2D eigenvalue weighted by Crippen LogP contribution is -2.74. The Kier molecular flexibility index (Phi) is 10.2. The molecule has 8 aromatic carbocycles. The molecule has 0 unspecified atom stereocenters. The summed E-state index contributed by atoms with van der Waals surface area (Å²) in [6, 6.07) is 68.6. The van der Waals surface area contributed by atoms with Crippen LogP contribution in [0.2, 0.25) is 0 Å². The molecule has 0 atom stereocenters. The molecule has 68 heavy (non-hydrogen) atoms. The smallest absolute Gasteiger partial charge is 0.195 e. The van der Waals surface area contributed by atoms with Crippen molar-refractivity contribution in [3.05, 3.63) is 204 Å². The highest BCUT2D eigenvalue weighted by atomic mass is 32.1. The van der Waals surface area contributed by atoms with Crippen LogP contribution in [0.15, 0.2) is 182 Å². The molecule has 3 nitrogen and oxygen atoms in total. The summed E-state index contributed by atoms with van der Waals surface area (Å²) in [4.78, 5) is 6.47. The van der Waals surface area contributed by atoms with Gasteiger partial charge in [0.05, 0.1) is 21.3 Å². The SMILES string of the molecule is CC(C)(C)c1ccc([Si](c2ccccc2)(c2ccccc2)c2ccc(C(C)(C)C)c(-c3cccc4c3nc3sc5ccccc5n34)c2)cc1-c1cccc2c1Oc1ccccc1C(C)(C)C2(C)C. The van der Waals surface area contributed by atoms with Gasteiger partial charge < -0.3 is 4.74 Å². The fraction of sp³-hybridized carbons (Fsp3) is 0.222. The molecule has 0 N–H and O–H groups in total. The highest BCUT2D eigenvalue weighted by Crippen LogP contribution is 2.55. The van der Waals surface area contributed by atoms with E-state index in [0.29, 0.717) is 0 Å². The van der Waals surface area contributed by atoms with Gasteiger partial charge in [0.25, 0.3) is 0 Å². The maximum Gasteiger partial charge on any atom is 0.195 e. The summed E-state index contributed by atoms with van der Waals surface area (Å²) < 4.78 is 10.9. The first kappa shape index (κ1) is 44.0. The molecule has 0 radical (unpaired) electrons. The molecule has 3 heterocycles. The largest absolute Gasteiger partial charge is 0.456 e. The lowest BCUT2D eigenvalue weighted by Gasteiger charge is -2.41. The molecule has 338 valence electrons. The number of para-hydroxylation sites is 4. The molecule has 1 aliphatic heterocycles. The Bertz CT molecular complexity index is 3530. The Balaban J connectivity index is 1.23. The lowest BCUT2D eigenvalue weighted by molar-refractivity contribution is 0.306. The van der Waals surface area contributed by atoms with E-state index < -0.39 is 8.07 Å². The first-order valence-electron chi connectivity index (χ1n) is 24.1. The van der Waals surface area contributed by atoms with Crippen LogP contribution in [0.5, 0.6) is 11.5 Å². The normalized spacial score (nSPS) is 14.7. The van der Waals surface area contributed by atoms with Gasteiger partial charge >= 0.3 is 0 Å². The average molecular weight is 921 g/mol. The van der Waals surface area contributed by atoms with Crippen LogP contribution in [0.4, 0.5) is 0 Å². The quantitative estimate of drug-likeness (QED) is 0.123. The molecule has 0 saturated carbocycles. The number of rotatable bonds is 6. The third-order valence-electron chi connectivity index (χ3n) is 15.5. The van der Waals surface area contributed by atoms with E-state index in [-0.39, 0.29) is 21.7 Å². The molecule has 5 heteroatoms. The number of imidazole rings is 1. The van der Waals surface area contributed by atoms with Crippen LogP contribution in [0.3, 0.4) is 0 Å². The first-order valence-corrected chi connectivity index (χ1v) is 26.9. The highest BCUT2D eigenvalue weighted by molar-refractivity contribution is 7.23. The van der Waals surface area contributed by atoms with Gasteiger partial charge in [-0.3, -0.25) is 4.40 Å². The molecule has 1 aliphatic rings. The average Bonchev–Trinajstić information content (AvgIpc) is 3.87. The molecule has 11 rings (SSSR count). The minimum atomic E-state index is -3.13. The molecule has 10 aromatic rings. The number of hydrogen-bond acceptors (Lipinski definition) is 3. The molecule has 0 spiro atoms. The highest BCUT2D eigenvalue weighted by Gasteiger charge is 2.47. The van der Waals surface area contributed by atoms with Gasteiger partial charge in [0.15, 0.2) is 13.0 Å². The van der Waals surface area contributed by atoms with Crippen molar-refractivity contribution in [2.75, 3.05) is 0 Å². The van der Waals surface area contributed by atoms with Gasteiger partial charge in [-0.2, -0.15) is 0 Å². The summed E-state index contributed by atoms with van der Waals surface area (Å²) in [6.07, 6.45) is 0. The zero-order valence-corrected chi connectivity index (χ0v) is 42.8. The standard InChI is InChI=1S/C63H60N2OSSi/c1-60(2,3)49-37-35-43(39-47(49)45-27-22-32-54-57(45)64-59-65(54)53-31-18-20-34-56(53)67-59)68(41-23-13-11-14-24-41,42-25-15-12-16-26-42)44-36-38-50(61(4,5)6)48(40-44)46-28-21-30-52-58(46)66-55-33-19-17-29-51(55)62(7,8)63(52,9)10/h11-40H,1-10H3. The summed E-state index contributed by atoms with van der Waals surface area (Å²) in [7, 11) is -3.13. The van der Waals surface area contributed by atoms with Crippen molar-refractivity contribution in [3.8, 4) is 33.8 Å². The first-order chi connectivity index (χ1) is 32.5. The second kappa shape index (κ2) is 15.8. The molecule has 0 bridgehead atoms. The molecule has 0 amide bonds. The molecular formula is C63H60N2OSSi. The van der Waals surface area contributed by atoms with Crippen LogP contribution in [0.1, 0.15) is 91.5 Å². The van der Waals surface area contributed by atoms with Gasteiger partial charge in [-0.25, -0.2) is 4.98 Å². The summed E-state index contributed by atoms with van der Waals surface area (Å²) in [5.41, 5.74) is 12.4. The van der Waals surface area contributed by atoms with Crippen LogP contribution in [-0.2, 0) is 21.7 Å². The van der Waals surface area contributed by atoms with Crippen molar-refractivity contribution >= 4 is 66.4 Å². The van der Waals surface area contributed by atoms with Crippen LogP contribution in [0, 0.1) is 0 Å². The van der Waals surface area contributed by atoms with E-state index in [1.807, 2.05) is 0 Å². The molecule has 2 aromatic heterocycles. The summed E-state index contributed by atoms with van der Waals surface area (Å²) in [6.45, 7) is 23.6. The second-order valence-corrected chi connectivity index (χ2v) is 26.8. The minimum absolute atomic E-state index is 0.142. The predicted octanol–water partition coefficient (Wildman–Crippen LogP) is 14.4. The number of thiazole rings is 1. The zero-order valence-electron chi connectivity index (χ0n) is 41.0. The van der Waals surface area contributed by atoms with E-state index in [1.165, 1.54) is 64.3 Å². The van der Waals surface area contributed by atoms with Gasteiger partial charge in [-0.15, -0.1) is 0 Å². The van der Waals surface area contributed by atoms with E-state index in [2.05, 4.69) is 256 Å². The fourth-order valence-corrected chi connectivity index (χ4v) is 17.1. The van der Waals surface area contributed by atoms with Crippen molar-refractivity contribution in [3.63, 3.8) is 0 Å². The molecule has 0 aliphatic carbocycles. The summed E-state index contributed by atoms with van der Waals surface area (Å²) in [5.74, 6) is 1.87. The Morgan fingerprint density at radius 2 is 0.971 bits per heavy atom. The van der Waals surface area contributed by atoms with Crippen LogP contribution in [-0.4, -0.2) is 17.5 Å². The van der Waals surface area contributed by atoms with Gasteiger partial charge in [0, 0.05) is 33.1 Å². The third-order valence-corrected chi connectivity index (χ3v) is 21.3.